The van der Waals surface area contributed by atoms with Gasteiger partial charge in [0, 0.05) is 14.1 Å². The fourth-order valence-electron chi connectivity index (χ4n) is 0.822. The molecule has 0 aromatic heterocycles. The Balaban J connectivity index is 0.00000169. The minimum Gasteiger partial charge on any atom is -0.872 e. The Hall–Kier alpha value is 0.566. The van der Waals surface area contributed by atoms with E-state index in [1.165, 1.54) is 38.4 Å². The Morgan fingerprint density at radius 3 is 1.93 bits per heavy atom. The smallest absolute Gasteiger partial charge is 0.872 e. The summed E-state index contributed by atoms with van der Waals surface area (Å²) in [5, 5.41) is 10.7. The molecule has 0 aliphatic heterocycles. The average molecular weight is 239 g/mol. The van der Waals surface area contributed by atoms with Crippen LogP contribution in [0.3, 0.4) is 0 Å². The van der Waals surface area contributed by atoms with E-state index in [1.54, 1.807) is 0 Å². The molecule has 0 radical (unpaired) electrons. The van der Waals surface area contributed by atoms with Crippen molar-refractivity contribution in [2.75, 3.05) is 14.1 Å². The minimum absolute atomic E-state index is 0. The maximum absolute atomic E-state index is 11.5. The quantitative estimate of drug-likeness (QED) is 0.517. The predicted molar refractivity (Wildman–Crippen MR) is 46.8 cm³/mol. The Bertz CT molecular complexity index is 386. The summed E-state index contributed by atoms with van der Waals surface area (Å²) in [5.74, 6) is -0.197. The summed E-state index contributed by atoms with van der Waals surface area (Å²) >= 11 is 0. The van der Waals surface area contributed by atoms with Gasteiger partial charge in [-0.2, -0.15) is 0 Å². The number of benzene rings is 1. The van der Waals surface area contributed by atoms with Gasteiger partial charge in [0.15, 0.2) is 0 Å². The van der Waals surface area contributed by atoms with Crippen LogP contribution >= 0.6 is 0 Å². The molecule has 1 rings (SSSR count). The van der Waals surface area contributed by atoms with Gasteiger partial charge in [0.1, 0.15) is 0 Å². The van der Waals surface area contributed by atoms with E-state index >= 15 is 0 Å². The second-order valence-corrected chi connectivity index (χ2v) is 4.91. The van der Waals surface area contributed by atoms with Crippen LogP contribution in [0.25, 0.3) is 0 Å². The average Bonchev–Trinajstić information content (AvgIpc) is 2.04. The van der Waals surface area contributed by atoms with Crippen molar-refractivity contribution >= 4 is 10.0 Å². The summed E-state index contributed by atoms with van der Waals surface area (Å²) < 4.78 is 24.0. The first-order valence-electron chi connectivity index (χ1n) is 3.64. The Labute approximate surface area is 126 Å². The van der Waals surface area contributed by atoms with Gasteiger partial charge in [-0.15, -0.1) is 5.75 Å². The molecule has 0 spiro atoms. The Morgan fingerprint density at radius 1 is 1.14 bits per heavy atom. The van der Waals surface area contributed by atoms with Crippen LogP contribution in [0.1, 0.15) is 0 Å². The second-order valence-electron chi connectivity index (χ2n) is 2.76. The third kappa shape index (κ3) is 3.30. The molecule has 1 aromatic carbocycles. The molecule has 0 N–H and O–H groups in total. The fourth-order valence-corrected chi connectivity index (χ4v) is 1.72. The fraction of sp³-hybridized carbons (Fsp3) is 0.250. The molecule has 1 aromatic rings. The van der Waals surface area contributed by atoms with Gasteiger partial charge in [-0.1, -0.05) is 12.1 Å². The third-order valence-electron chi connectivity index (χ3n) is 1.60. The molecule has 0 heterocycles. The Kier molecular flexibility index (Phi) is 5.82. The second kappa shape index (κ2) is 5.60. The van der Waals surface area contributed by atoms with Crippen molar-refractivity contribution in [1.82, 2.24) is 4.31 Å². The predicted octanol–water partition coefficient (Wildman–Crippen LogP) is -2.99. The number of rotatable bonds is 2. The number of sulfonamides is 1. The van der Waals surface area contributed by atoms with Crippen molar-refractivity contribution in [2.45, 2.75) is 4.90 Å². The molecular formula is C8H10KNO3S. The molecule has 0 bridgehead atoms. The first kappa shape index (κ1) is 14.6. The zero-order chi connectivity index (χ0) is 10.1. The van der Waals surface area contributed by atoms with E-state index in [2.05, 4.69) is 0 Å². The first-order chi connectivity index (χ1) is 5.94. The van der Waals surface area contributed by atoms with Crippen LogP contribution in [-0.4, -0.2) is 26.8 Å². The van der Waals surface area contributed by atoms with Crippen molar-refractivity contribution in [1.29, 1.82) is 0 Å². The van der Waals surface area contributed by atoms with Gasteiger partial charge < -0.3 is 5.11 Å². The molecule has 0 aliphatic rings. The zero-order valence-electron chi connectivity index (χ0n) is 8.39. The van der Waals surface area contributed by atoms with Gasteiger partial charge >= 0.3 is 51.4 Å². The Morgan fingerprint density at radius 2 is 1.57 bits per heavy atom. The first-order valence-corrected chi connectivity index (χ1v) is 5.08. The van der Waals surface area contributed by atoms with E-state index in [4.69, 9.17) is 0 Å². The van der Waals surface area contributed by atoms with Crippen LogP contribution < -0.4 is 56.5 Å². The number of hydrogen-bond acceptors (Lipinski definition) is 3. The van der Waals surface area contributed by atoms with Crippen molar-refractivity contribution in [2.24, 2.45) is 0 Å². The van der Waals surface area contributed by atoms with E-state index in [9.17, 15) is 13.5 Å². The molecule has 6 heteroatoms. The molecule has 72 valence electrons. The summed E-state index contributed by atoms with van der Waals surface area (Å²) in [6.45, 7) is 0. The normalized spacial score (nSPS) is 11.1. The van der Waals surface area contributed by atoms with Gasteiger partial charge in [-0.05, 0) is 12.1 Å². The SMILES string of the molecule is CN(C)S(=O)(=O)c1ccc([O-])cc1.[K+]. The summed E-state index contributed by atoms with van der Waals surface area (Å²) in [5.41, 5.74) is 0. The van der Waals surface area contributed by atoms with Gasteiger partial charge in [0.25, 0.3) is 0 Å². The topological polar surface area (TPSA) is 60.4 Å². The summed E-state index contributed by atoms with van der Waals surface area (Å²) in [6, 6.07) is 5.07. The zero-order valence-corrected chi connectivity index (χ0v) is 12.3. The maximum Gasteiger partial charge on any atom is 1.00 e. The molecular weight excluding hydrogens is 229 g/mol. The van der Waals surface area contributed by atoms with Crippen LogP contribution in [0.5, 0.6) is 5.75 Å². The molecule has 0 fully saturated rings. The van der Waals surface area contributed by atoms with Crippen LogP contribution in [-0.2, 0) is 10.0 Å². The third-order valence-corrected chi connectivity index (χ3v) is 3.43. The number of hydrogen-bond donors (Lipinski definition) is 0. The molecule has 0 aliphatic carbocycles. The molecule has 0 atom stereocenters. The summed E-state index contributed by atoms with van der Waals surface area (Å²) in [7, 11) is -0.509. The van der Waals surface area contributed by atoms with E-state index < -0.39 is 10.0 Å². The van der Waals surface area contributed by atoms with Gasteiger partial charge in [-0.3, -0.25) is 0 Å². The van der Waals surface area contributed by atoms with Crippen LogP contribution in [0.15, 0.2) is 29.2 Å². The maximum atomic E-state index is 11.5. The molecule has 0 unspecified atom stereocenters. The standard InChI is InChI=1S/C8H11NO3S.K/c1-9(2)13(11,12)8-5-3-7(10)4-6-8;/h3-6,10H,1-2H3;/q;+1/p-1. The van der Waals surface area contributed by atoms with Gasteiger partial charge in [0.05, 0.1) is 4.90 Å². The summed E-state index contributed by atoms with van der Waals surface area (Å²) in [4.78, 5) is 0.136. The molecule has 0 saturated heterocycles. The minimum atomic E-state index is -3.40. The van der Waals surface area contributed by atoms with Crippen LogP contribution in [0.4, 0.5) is 0 Å². The molecule has 4 nitrogen and oxygen atoms in total. The van der Waals surface area contributed by atoms with Crippen molar-refractivity contribution < 1.29 is 64.9 Å². The summed E-state index contributed by atoms with van der Waals surface area (Å²) in [6.07, 6.45) is 0. The van der Waals surface area contributed by atoms with E-state index in [0.29, 0.717) is 0 Å². The van der Waals surface area contributed by atoms with Crippen LogP contribution in [0.2, 0.25) is 0 Å². The van der Waals surface area contributed by atoms with Crippen molar-refractivity contribution in [3.05, 3.63) is 24.3 Å². The van der Waals surface area contributed by atoms with Gasteiger partial charge in [-0.25, -0.2) is 12.7 Å². The molecule has 0 saturated carbocycles. The van der Waals surface area contributed by atoms with Crippen molar-refractivity contribution in [3.63, 3.8) is 0 Å². The largest absolute Gasteiger partial charge is 1.00 e. The van der Waals surface area contributed by atoms with E-state index in [1.807, 2.05) is 0 Å². The molecule has 14 heavy (non-hydrogen) atoms. The van der Waals surface area contributed by atoms with Crippen LogP contribution in [0, 0.1) is 0 Å². The molecule has 0 amide bonds. The van der Waals surface area contributed by atoms with Gasteiger partial charge in [0.2, 0.25) is 10.0 Å². The van der Waals surface area contributed by atoms with E-state index in [0.717, 1.165) is 4.31 Å². The van der Waals surface area contributed by atoms with E-state index in [-0.39, 0.29) is 62.0 Å². The van der Waals surface area contributed by atoms with Crippen molar-refractivity contribution in [3.8, 4) is 5.75 Å². The monoisotopic (exact) mass is 239 g/mol. The number of nitrogens with zero attached hydrogens (tertiary/aromatic N) is 1.